The molecular weight excluding hydrogens is 308 g/mol. The van der Waals surface area contributed by atoms with Gasteiger partial charge in [0, 0.05) is 12.1 Å². The van der Waals surface area contributed by atoms with Gasteiger partial charge in [-0.05, 0) is 38.2 Å². The Morgan fingerprint density at radius 1 is 1.43 bits per heavy atom. The van der Waals surface area contributed by atoms with Gasteiger partial charge in [-0.25, -0.2) is 4.79 Å². The number of hydrogen-bond acceptors (Lipinski definition) is 4. The molecule has 2 heterocycles. The second-order valence-corrected chi connectivity index (χ2v) is 6.25. The molecule has 1 aliphatic rings. The fourth-order valence-corrected chi connectivity index (χ4v) is 3.53. The zero-order valence-corrected chi connectivity index (χ0v) is 14.9. The number of rotatable bonds is 6. The van der Waals surface area contributed by atoms with Gasteiger partial charge in [-0.2, -0.15) is 4.37 Å². The molecule has 0 N–H and O–H groups in total. The van der Waals surface area contributed by atoms with Gasteiger partial charge in [0.1, 0.15) is 5.00 Å². The van der Waals surface area contributed by atoms with E-state index in [0.29, 0.717) is 26.4 Å². The summed E-state index contributed by atoms with van der Waals surface area (Å²) in [5.74, 6) is 6.02. The fraction of sp³-hybridized carbons (Fsp3) is 0.529. The molecule has 1 aromatic rings. The van der Waals surface area contributed by atoms with Crippen LogP contribution in [0.4, 0.5) is 9.80 Å². The average molecular weight is 332 g/mol. The largest absolute Gasteiger partial charge is 0.327 e. The van der Waals surface area contributed by atoms with E-state index >= 15 is 0 Å². The standard InChI is InChI=1S/C17H24N4OS/c1-5-8-10-19-12-20(11-9-6-2)17(22)21(13-19)16-14(4)15(7-3)18-23-16/h6H,2,7,9-13H2,1,3-4H3. The minimum absolute atomic E-state index is 0.0435. The fourth-order valence-electron chi connectivity index (χ4n) is 2.57. The number of aryl methyl sites for hydroxylation is 1. The van der Waals surface area contributed by atoms with Crippen LogP contribution in [0.15, 0.2) is 12.7 Å². The Morgan fingerprint density at radius 3 is 2.83 bits per heavy atom. The molecule has 0 bridgehead atoms. The number of hydrogen-bond donors (Lipinski definition) is 0. The first-order chi connectivity index (χ1) is 11.1. The molecule has 23 heavy (non-hydrogen) atoms. The lowest BCUT2D eigenvalue weighted by Gasteiger charge is -2.41. The normalized spacial score (nSPS) is 15.5. The highest BCUT2D eigenvalue weighted by atomic mass is 32.1. The average Bonchev–Trinajstić information content (AvgIpc) is 2.93. The van der Waals surface area contributed by atoms with Crippen LogP contribution in [-0.4, -0.2) is 46.6 Å². The van der Waals surface area contributed by atoms with Crippen molar-refractivity contribution in [1.29, 1.82) is 0 Å². The minimum Gasteiger partial charge on any atom is -0.311 e. The summed E-state index contributed by atoms with van der Waals surface area (Å²) in [5.41, 5.74) is 2.18. The first-order valence-corrected chi connectivity index (χ1v) is 8.64. The number of aromatic nitrogens is 1. The molecule has 1 aromatic heterocycles. The van der Waals surface area contributed by atoms with E-state index in [9.17, 15) is 4.79 Å². The van der Waals surface area contributed by atoms with Gasteiger partial charge in [0.25, 0.3) is 0 Å². The molecule has 1 aliphatic heterocycles. The molecule has 1 fully saturated rings. The molecule has 2 amide bonds. The zero-order valence-electron chi connectivity index (χ0n) is 14.1. The van der Waals surface area contributed by atoms with Gasteiger partial charge in [-0.3, -0.25) is 9.80 Å². The van der Waals surface area contributed by atoms with E-state index in [2.05, 4.69) is 34.6 Å². The Kier molecular flexibility index (Phi) is 6.20. The highest BCUT2D eigenvalue weighted by molar-refractivity contribution is 7.10. The molecule has 2 rings (SSSR count). The second kappa shape index (κ2) is 8.14. The molecule has 0 radical (unpaired) electrons. The van der Waals surface area contributed by atoms with Crippen LogP contribution >= 0.6 is 11.5 Å². The van der Waals surface area contributed by atoms with Gasteiger partial charge < -0.3 is 4.90 Å². The predicted octanol–water partition coefficient (Wildman–Crippen LogP) is 3.07. The molecule has 0 atom stereocenters. The lowest BCUT2D eigenvalue weighted by Crippen LogP contribution is -2.58. The number of nitrogens with zero attached hydrogens (tertiary/aromatic N) is 4. The van der Waals surface area contributed by atoms with E-state index in [-0.39, 0.29) is 6.03 Å². The zero-order chi connectivity index (χ0) is 16.8. The SMILES string of the molecule is C=CCCN1CN(CC#CC)CN(c2snc(CC)c2C)C1=O. The van der Waals surface area contributed by atoms with Crippen molar-refractivity contribution in [2.75, 3.05) is 31.3 Å². The topological polar surface area (TPSA) is 39.7 Å². The Labute approximate surface area is 142 Å². The first kappa shape index (κ1) is 17.5. The van der Waals surface area contributed by atoms with Gasteiger partial charge in [0.15, 0.2) is 0 Å². The summed E-state index contributed by atoms with van der Waals surface area (Å²) in [5, 5.41) is 0.949. The third kappa shape index (κ3) is 3.92. The number of amides is 2. The van der Waals surface area contributed by atoms with Crippen molar-refractivity contribution >= 4 is 22.6 Å². The predicted molar refractivity (Wildman–Crippen MR) is 95.5 cm³/mol. The van der Waals surface area contributed by atoms with Gasteiger partial charge in [0.05, 0.1) is 25.6 Å². The molecule has 124 valence electrons. The molecule has 0 aromatic carbocycles. The Bertz CT molecular complexity index is 628. The monoisotopic (exact) mass is 332 g/mol. The molecule has 6 heteroatoms. The molecular formula is C17H24N4OS. The Balaban J connectivity index is 2.26. The summed E-state index contributed by atoms with van der Waals surface area (Å²) < 4.78 is 4.48. The third-order valence-corrected chi connectivity index (χ3v) is 4.88. The molecule has 0 spiro atoms. The van der Waals surface area contributed by atoms with Crippen molar-refractivity contribution in [2.24, 2.45) is 0 Å². The number of carbonyl (C=O) groups is 1. The van der Waals surface area contributed by atoms with Crippen molar-refractivity contribution < 1.29 is 4.79 Å². The van der Waals surface area contributed by atoms with Crippen molar-refractivity contribution in [3.05, 3.63) is 23.9 Å². The number of urea groups is 1. The van der Waals surface area contributed by atoms with Gasteiger partial charge >= 0.3 is 6.03 Å². The van der Waals surface area contributed by atoms with Crippen LogP contribution in [0.1, 0.15) is 31.5 Å². The highest BCUT2D eigenvalue weighted by Gasteiger charge is 2.32. The maximum Gasteiger partial charge on any atom is 0.327 e. The van der Waals surface area contributed by atoms with Crippen molar-refractivity contribution in [2.45, 2.75) is 33.6 Å². The smallest absolute Gasteiger partial charge is 0.311 e. The maximum absolute atomic E-state index is 12.8. The van der Waals surface area contributed by atoms with Crippen LogP contribution in [0.3, 0.4) is 0 Å². The summed E-state index contributed by atoms with van der Waals surface area (Å²) >= 11 is 1.41. The Morgan fingerprint density at radius 2 is 2.22 bits per heavy atom. The van der Waals surface area contributed by atoms with Crippen molar-refractivity contribution in [1.82, 2.24) is 14.2 Å². The van der Waals surface area contributed by atoms with E-state index in [1.54, 1.807) is 0 Å². The molecule has 1 saturated heterocycles. The van der Waals surface area contributed by atoms with Crippen LogP contribution in [0.5, 0.6) is 0 Å². The van der Waals surface area contributed by atoms with Crippen LogP contribution < -0.4 is 4.90 Å². The summed E-state index contributed by atoms with van der Waals surface area (Å²) in [6, 6.07) is 0.0435. The van der Waals surface area contributed by atoms with Crippen LogP contribution in [-0.2, 0) is 6.42 Å². The summed E-state index contributed by atoms with van der Waals surface area (Å²) in [6.07, 6.45) is 3.51. The van der Waals surface area contributed by atoms with Gasteiger partial charge in [0.2, 0.25) is 0 Å². The highest BCUT2D eigenvalue weighted by Crippen LogP contribution is 2.31. The van der Waals surface area contributed by atoms with E-state index in [1.165, 1.54) is 11.5 Å². The van der Waals surface area contributed by atoms with E-state index in [0.717, 1.165) is 29.1 Å². The maximum atomic E-state index is 12.8. The van der Waals surface area contributed by atoms with E-state index < -0.39 is 0 Å². The van der Waals surface area contributed by atoms with E-state index in [4.69, 9.17) is 0 Å². The van der Waals surface area contributed by atoms with Gasteiger partial charge in [-0.1, -0.05) is 18.9 Å². The molecule has 0 saturated carbocycles. The molecule has 0 aliphatic carbocycles. The lowest BCUT2D eigenvalue weighted by atomic mass is 10.2. The van der Waals surface area contributed by atoms with Crippen molar-refractivity contribution in [3.8, 4) is 11.8 Å². The molecule has 0 unspecified atom stereocenters. The van der Waals surface area contributed by atoms with Gasteiger partial charge in [-0.15, -0.1) is 12.5 Å². The minimum atomic E-state index is 0.0435. The van der Waals surface area contributed by atoms with Crippen LogP contribution in [0.25, 0.3) is 0 Å². The second-order valence-electron chi connectivity index (χ2n) is 5.50. The third-order valence-electron chi connectivity index (χ3n) is 3.87. The lowest BCUT2D eigenvalue weighted by molar-refractivity contribution is 0.126. The first-order valence-electron chi connectivity index (χ1n) is 7.86. The summed E-state index contributed by atoms with van der Waals surface area (Å²) in [6.45, 7) is 12.2. The van der Waals surface area contributed by atoms with Crippen molar-refractivity contribution in [3.63, 3.8) is 0 Å². The number of anilines is 1. The quantitative estimate of drug-likeness (QED) is 0.594. The van der Waals surface area contributed by atoms with Crippen LogP contribution in [0, 0.1) is 18.8 Å². The number of carbonyl (C=O) groups excluding carboxylic acids is 1. The molecule has 5 nitrogen and oxygen atoms in total. The Hall–Kier alpha value is -1.84. The van der Waals surface area contributed by atoms with E-state index in [1.807, 2.05) is 29.7 Å². The van der Waals surface area contributed by atoms with Crippen LogP contribution in [0.2, 0.25) is 0 Å². The summed E-state index contributed by atoms with van der Waals surface area (Å²) in [7, 11) is 0. The summed E-state index contributed by atoms with van der Waals surface area (Å²) in [4.78, 5) is 18.7.